The third-order valence-corrected chi connectivity index (χ3v) is 4.30. The maximum Gasteiger partial charge on any atom is 0.392 e. The van der Waals surface area contributed by atoms with E-state index in [-0.39, 0.29) is 37.8 Å². The minimum atomic E-state index is -4.19. The Hall–Kier alpha value is -1.86. The molecule has 2 aliphatic rings. The predicted octanol–water partition coefficient (Wildman–Crippen LogP) is 1.99. The lowest BCUT2D eigenvalue weighted by molar-refractivity contribution is -0.179. The number of halogens is 3. The normalized spacial score (nSPS) is 21.9. The van der Waals surface area contributed by atoms with Gasteiger partial charge in [0.2, 0.25) is 5.91 Å². The molecule has 0 fully saturated rings. The van der Waals surface area contributed by atoms with Crippen LogP contribution in [0.4, 0.5) is 13.2 Å². The molecule has 120 valence electrons. The average molecular weight is 314 g/mol. The highest BCUT2D eigenvalue weighted by molar-refractivity contribution is 5.79. The Kier molecular flexibility index (Phi) is 3.92. The van der Waals surface area contributed by atoms with Crippen molar-refractivity contribution in [3.8, 4) is 0 Å². The molecule has 1 atom stereocenters. The standard InChI is InChI=1S/C14H17F3N4O/c15-14(16,17)10-5-6-21-11(7-10)19-20-12(21)8-18-13(22)9-3-1-2-4-9/h1-2,9-10H,3-8H2,(H,18,22)/t10-/m0/s1. The van der Waals surface area contributed by atoms with Crippen LogP contribution in [0.5, 0.6) is 0 Å². The fraction of sp³-hybridized carbons (Fsp3) is 0.643. The van der Waals surface area contributed by atoms with Crippen LogP contribution in [0.15, 0.2) is 12.2 Å². The number of fused-ring (bicyclic) bond motifs is 1. The third-order valence-electron chi connectivity index (χ3n) is 4.30. The number of alkyl halides is 3. The van der Waals surface area contributed by atoms with Crippen LogP contribution < -0.4 is 5.32 Å². The zero-order valence-electron chi connectivity index (χ0n) is 11.9. The predicted molar refractivity (Wildman–Crippen MR) is 71.6 cm³/mol. The van der Waals surface area contributed by atoms with Crippen molar-refractivity contribution < 1.29 is 18.0 Å². The molecule has 0 bridgehead atoms. The Bertz CT molecular complexity index is 585. The van der Waals surface area contributed by atoms with Crippen LogP contribution in [0.1, 0.15) is 30.9 Å². The number of hydrogen-bond acceptors (Lipinski definition) is 3. The molecule has 1 aliphatic carbocycles. The fourth-order valence-electron chi connectivity index (χ4n) is 2.94. The number of aromatic nitrogens is 3. The summed E-state index contributed by atoms with van der Waals surface area (Å²) in [7, 11) is 0. The lowest BCUT2D eigenvalue weighted by Crippen LogP contribution is -2.33. The summed E-state index contributed by atoms with van der Waals surface area (Å²) >= 11 is 0. The summed E-state index contributed by atoms with van der Waals surface area (Å²) in [6.45, 7) is 0.446. The van der Waals surface area contributed by atoms with Gasteiger partial charge in [0.15, 0.2) is 5.82 Å². The second-order valence-corrected chi connectivity index (χ2v) is 5.77. The quantitative estimate of drug-likeness (QED) is 0.868. The van der Waals surface area contributed by atoms with E-state index >= 15 is 0 Å². The van der Waals surface area contributed by atoms with Gasteiger partial charge in [0, 0.05) is 18.9 Å². The van der Waals surface area contributed by atoms with Gasteiger partial charge in [-0.3, -0.25) is 4.79 Å². The maximum atomic E-state index is 12.7. The van der Waals surface area contributed by atoms with Crippen LogP contribution in [0, 0.1) is 11.8 Å². The minimum Gasteiger partial charge on any atom is -0.349 e. The maximum absolute atomic E-state index is 12.7. The molecule has 0 radical (unpaired) electrons. The molecular formula is C14H17F3N4O. The first-order valence-corrected chi connectivity index (χ1v) is 7.35. The van der Waals surface area contributed by atoms with Gasteiger partial charge < -0.3 is 9.88 Å². The Morgan fingerprint density at radius 3 is 2.73 bits per heavy atom. The number of carbonyl (C=O) groups excluding carboxylic acids is 1. The van der Waals surface area contributed by atoms with Crippen molar-refractivity contribution in [2.24, 2.45) is 11.8 Å². The van der Waals surface area contributed by atoms with Gasteiger partial charge in [-0.25, -0.2) is 0 Å². The SMILES string of the molecule is O=C(NCc1nnc2n1CC[C@H](C(F)(F)F)C2)C1CC=CC1. The summed E-state index contributed by atoms with van der Waals surface area (Å²) in [5.41, 5.74) is 0. The number of amides is 1. The summed E-state index contributed by atoms with van der Waals surface area (Å²) in [4.78, 5) is 11.9. The lowest BCUT2D eigenvalue weighted by atomic mass is 9.97. The fourth-order valence-corrected chi connectivity index (χ4v) is 2.94. The molecule has 1 N–H and O–H groups in total. The number of nitrogens with one attached hydrogen (secondary N) is 1. The monoisotopic (exact) mass is 314 g/mol. The number of carbonyl (C=O) groups is 1. The second-order valence-electron chi connectivity index (χ2n) is 5.77. The molecule has 22 heavy (non-hydrogen) atoms. The smallest absolute Gasteiger partial charge is 0.349 e. The molecule has 2 heterocycles. The van der Waals surface area contributed by atoms with Crippen molar-refractivity contribution >= 4 is 5.91 Å². The van der Waals surface area contributed by atoms with Gasteiger partial charge in [0.05, 0.1) is 12.5 Å². The van der Waals surface area contributed by atoms with E-state index in [1.807, 2.05) is 12.2 Å². The summed E-state index contributed by atoms with van der Waals surface area (Å²) in [5, 5.41) is 10.6. The topological polar surface area (TPSA) is 59.8 Å². The van der Waals surface area contributed by atoms with Crippen molar-refractivity contribution in [3.05, 3.63) is 23.8 Å². The molecule has 0 saturated carbocycles. The second kappa shape index (κ2) is 5.73. The molecule has 0 unspecified atom stereocenters. The molecule has 1 amide bonds. The Morgan fingerprint density at radius 2 is 2.05 bits per heavy atom. The third kappa shape index (κ3) is 3.00. The Balaban J connectivity index is 1.61. The summed E-state index contributed by atoms with van der Waals surface area (Å²) in [6, 6.07) is 0. The van der Waals surface area contributed by atoms with Crippen LogP contribution in [0.3, 0.4) is 0 Å². The molecule has 1 aliphatic heterocycles. The van der Waals surface area contributed by atoms with Crippen LogP contribution in [-0.2, 0) is 24.3 Å². The van der Waals surface area contributed by atoms with Gasteiger partial charge in [-0.2, -0.15) is 13.2 Å². The largest absolute Gasteiger partial charge is 0.392 e. The molecule has 3 rings (SSSR count). The molecular weight excluding hydrogens is 297 g/mol. The van der Waals surface area contributed by atoms with Crippen molar-refractivity contribution in [3.63, 3.8) is 0 Å². The Labute approximate surface area is 125 Å². The van der Waals surface area contributed by atoms with Gasteiger partial charge in [-0.05, 0) is 19.3 Å². The van der Waals surface area contributed by atoms with Crippen LogP contribution >= 0.6 is 0 Å². The molecule has 0 spiro atoms. The summed E-state index contributed by atoms with van der Waals surface area (Å²) < 4.78 is 39.9. The number of hydrogen-bond donors (Lipinski definition) is 1. The first-order valence-electron chi connectivity index (χ1n) is 7.35. The molecule has 1 aromatic heterocycles. The zero-order chi connectivity index (χ0) is 15.7. The average Bonchev–Trinajstić information content (AvgIpc) is 3.13. The van der Waals surface area contributed by atoms with E-state index in [1.54, 1.807) is 4.57 Å². The van der Waals surface area contributed by atoms with Gasteiger partial charge >= 0.3 is 6.18 Å². The van der Waals surface area contributed by atoms with Crippen molar-refractivity contribution in [1.82, 2.24) is 20.1 Å². The highest BCUT2D eigenvalue weighted by atomic mass is 19.4. The van der Waals surface area contributed by atoms with E-state index in [2.05, 4.69) is 15.5 Å². The van der Waals surface area contributed by atoms with Crippen LogP contribution in [0.2, 0.25) is 0 Å². The van der Waals surface area contributed by atoms with Crippen molar-refractivity contribution in [1.29, 1.82) is 0 Å². The first-order chi connectivity index (χ1) is 10.4. The van der Waals surface area contributed by atoms with E-state index in [4.69, 9.17) is 0 Å². The van der Waals surface area contributed by atoms with Crippen LogP contribution in [-0.4, -0.2) is 26.8 Å². The molecule has 0 saturated heterocycles. The number of allylic oxidation sites excluding steroid dienone is 2. The van der Waals surface area contributed by atoms with Gasteiger partial charge in [0.1, 0.15) is 5.82 Å². The lowest BCUT2D eigenvalue weighted by Gasteiger charge is -2.25. The molecule has 0 aromatic carbocycles. The highest BCUT2D eigenvalue weighted by Crippen LogP contribution is 2.34. The molecule has 5 nitrogen and oxygen atoms in total. The first kappa shape index (κ1) is 15.1. The summed E-state index contributed by atoms with van der Waals surface area (Å²) in [6.07, 6.45) is 1.11. The zero-order valence-corrected chi connectivity index (χ0v) is 11.9. The minimum absolute atomic E-state index is 0.0298. The number of rotatable bonds is 3. The van der Waals surface area contributed by atoms with Crippen molar-refractivity contribution in [2.75, 3.05) is 0 Å². The molecule has 8 heteroatoms. The van der Waals surface area contributed by atoms with E-state index in [0.29, 0.717) is 11.6 Å². The van der Waals surface area contributed by atoms with E-state index in [9.17, 15) is 18.0 Å². The van der Waals surface area contributed by atoms with Gasteiger partial charge in [-0.15, -0.1) is 10.2 Å². The summed E-state index contributed by atoms with van der Waals surface area (Å²) in [5.74, 6) is -0.573. The van der Waals surface area contributed by atoms with E-state index in [0.717, 1.165) is 12.8 Å². The highest BCUT2D eigenvalue weighted by Gasteiger charge is 2.42. The van der Waals surface area contributed by atoms with E-state index in [1.165, 1.54) is 0 Å². The van der Waals surface area contributed by atoms with Gasteiger partial charge in [0.25, 0.3) is 0 Å². The molecule has 1 aromatic rings. The van der Waals surface area contributed by atoms with Crippen molar-refractivity contribution in [2.45, 2.75) is 44.9 Å². The van der Waals surface area contributed by atoms with E-state index < -0.39 is 12.1 Å². The van der Waals surface area contributed by atoms with Gasteiger partial charge in [-0.1, -0.05) is 12.2 Å². The van der Waals surface area contributed by atoms with Crippen LogP contribution in [0.25, 0.3) is 0 Å². The Morgan fingerprint density at radius 1 is 1.32 bits per heavy atom. The number of nitrogens with zero attached hydrogens (tertiary/aromatic N) is 3.